The molecule has 0 fully saturated rings. The summed E-state index contributed by atoms with van der Waals surface area (Å²) in [6, 6.07) is 0.409. The van der Waals surface area contributed by atoms with Crippen molar-refractivity contribution in [2.45, 2.75) is 39.2 Å². The Labute approximate surface area is 112 Å². The van der Waals surface area contributed by atoms with Crippen molar-refractivity contribution < 1.29 is 28.8 Å². The Morgan fingerprint density at radius 1 is 1.56 bits per heavy atom. The molecule has 0 aromatic carbocycles. The van der Waals surface area contributed by atoms with Gasteiger partial charge < -0.3 is 15.2 Å². The van der Waals surface area contributed by atoms with Crippen LogP contribution < -0.4 is 29.3 Å². The molecule has 1 aromatic heterocycles. The Kier molecular flexibility index (Phi) is 7.48. The molecule has 1 rings (SSSR count). The number of hydrogen-bond acceptors (Lipinski definition) is 5. The van der Waals surface area contributed by atoms with E-state index in [1.54, 1.807) is 5.38 Å². The van der Waals surface area contributed by atoms with Gasteiger partial charge in [0.15, 0.2) is 5.13 Å². The topological polar surface area (TPSA) is 65.0 Å². The largest absolute Gasteiger partial charge is 1.00 e. The van der Waals surface area contributed by atoms with Crippen LogP contribution in [0.5, 0.6) is 0 Å². The molecule has 1 heterocycles. The van der Waals surface area contributed by atoms with E-state index in [1.807, 2.05) is 0 Å². The average molecular weight is 234 g/mol. The van der Waals surface area contributed by atoms with Crippen LogP contribution in [0.2, 0.25) is 0 Å². The van der Waals surface area contributed by atoms with Crippen LogP contribution in [0.15, 0.2) is 5.38 Å². The predicted octanol–water partition coefficient (Wildman–Crippen LogP) is -1.96. The first kappa shape index (κ1) is 15.5. The molecule has 0 atom stereocenters. The molecule has 0 spiro atoms. The first-order chi connectivity index (χ1) is 7.15. The number of rotatable bonds is 6. The van der Waals surface area contributed by atoms with Crippen molar-refractivity contribution in [3.63, 3.8) is 0 Å². The van der Waals surface area contributed by atoms with Crippen molar-refractivity contribution in [1.29, 1.82) is 0 Å². The van der Waals surface area contributed by atoms with E-state index >= 15 is 0 Å². The number of aromatic nitrogens is 1. The van der Waals surface area contributed by atoms with Crippen molar-refractivity contribution >= 4 is 22.4 Å². The molecule has 1 aromatic rings. The number of thiazole rings is 1. The molecule has 0 aliphatic carbocycles. The number of carbonyl (C=O) groups is 1. The van der Waals surface area contributed by atoms with Gasteiger partial charge in [-0.3, -0.25) is 0 Å². The summed E-state index contributed by atoms with van der Waals surface area (Å²) in [5.74, 6) is -1.09. The van der Waals surface area contributed by atoms with E-state index in [9.17, 15) is 9.90 Å². The average Bonchev–Trinajstić information content (AvgIpc) is 2.61. The molecule has 4 nitrogen and oxygen atoms in total. The van der Waals surface area contributed by atoms with Gasteiger partial charge in [-0.15, -0.1) is 11.3 Å². The molecule has 0 bridgehead atoms. The van der Waals surface area contributed by atoms with Crippen molar-refractivity contribution in [2.75, 3.05) is 5.32 Å². The first-order valence-electron chi connectivity index (χ1n) is 5.06. The third-order valence-corrected chi connectivity index (χ3v) is 3.01. The molecule has 6 heteroatoms. The minimum atomic E-state index is -1.09. The zero-order valence-electron chi connectivity index (χ0n) is 9.95. The van der Waals surface area contributed by atoms with E-state index in [1.165, 1.54) is 11.3 Å². The SMILES string of the molecule is CCC(CC)Nc1nc(CC(=O)[O-])cs1.[Li+]. The van der Waals surface area contributed by atoms with Crippen LogP contribution in [0, 0.1) is 0 Å². The van der Waals surface area contributed by atoms with E-state index in [-0.39, 0.29) is 25.3 Å². The van der Waals surface area contributed by atoms with Crippen LogP contribution in [0.3, 0.4) is 0 Å². The molecule has 16 heavy (non-hydrogen) atoms. The third kappa shape index (κ3) is 5.02. The van der Waals surface area contributed by atoms with Crippen LogP contribution in [0.1, 0.15) is 32.4 Å². The summed E-state index contributed by atoms with van der Waals surface area (Å²) in [6.45, 7) is 4.22. The van der Waals surface area contributed by atoms with Gasteiger partial charge in [-0.1, -0.05) is 13.8 Å². The van der Waals surface area contributed by atoms with Gasteiger partial charge in [-0.05, 0) is 12.8 Å². The van der Waals surface area contributed by atoms with E-state index in [0.29, 0.717) is 11.7 Å². The molecular weight excluding hydrogens is 219 g/mol. The Morgan fingerprint density at radius 2 is 2.19 bits per heavy atom. The molecule has 0 saturated carbocycles. The van der Waals surface area contributed by atoms with Crippen molar-refractivity contribution in [3.05, 3.63) is 11.1 Å². The zero-order chi connectivity index (χ0) is 11.3. The van der Waals surface area contributed by atoms with Crippen LogP contribution in [0.4, 0.5) is 5.13 Å². The van der Waals surface area contributed by atoms with Gasteiger partial charge in [0.1, 0.15) is 0 Å². The minimum absolute atomic E-state index is 0. The van der Waals surface area contributed by atoms with Crippen molar-refractivity contribution in [3.8, 4) is 0 Å². The molecule has 0 saturated heterocycles. The van der Waals surface area contributed by atoms with Crippen molar-refractivity contribution in [1.82, 2.24) is 4.98 Å². The van der Waals surface area contributed by atoms with Gasteiger partial charge in [0.2, 0.25) is 0 Å². The quantitative estimate of drug-likeness (QED) is 0.580. The maximum Gasteiger partial charge on any atom is 1.00 e. The maximum absolute atomic E-state index is 10.3. The Bertz CT molecular complexity index is 326. The van der Waals surface area contributed by atoms with Gasteiger partial charge in [0.25, 0.3) is 0 Å². The fourth-order valence-corrected chi connectivity index (χ4v) is 2.06. The van der Waals surface area contributed by atoms with Gasteiger partial charge in [-0.25, -0.2) is 4.98 Å². The number of nitrogens with zero attached hydrogens (tertiary/aromatic N) is 1. The molecule has 0 radical (unpaired) electrons. The summed E-state index contributed by atoms with van der Waals surface area (Å²) in [4.78, 5) is 14.5. The normalized spacial score (nSPS) is 9.94. The number of nitrogens with one attached hydrogen (secondary N) is 1. The van der Waals surface area contributed by atoms with E-state index < -0.39 is 5.97 Å². The fourth-order valence-electron chi connectivity index (χ4n) is 1.27. The number of carboxylic acids is 1. The number of anilines is 1. The Hall–Kier alpha value is -0.503. The summed E-state index contributed by atoms with van der Waals surface area (Å²) in [7, 11) is 0. The first-order valence-corrected chi connectivity index (χ1v) is 5.94. The Balaban J connectivity index is 0.00000225. The van der Waals surface area contributed by atoms with Crippen molar-refractivity contribution in [2.24, 2.45) is 0 Å². The van der Waals surface area contributed by atoms with Gasteiger partial charge in [0, 0.05) is 23.8 Å². The van der Waals surface area contributed by atoms with Crippen LogP contribution in [-0.4, -0.2) is 17.0 Å². The predicted molar refractivity (Wildman–Crippen MR) is 58.8 cm³/mol. The molecule has 0 amide bonds. The molecule has 0 aliphatic heterocycles. The minimum Gasteiger partial charge on any atom is -0.550 e. The number of aliphatic carboxylic acids is 1. The van der Waals surface area contributed by atoms with Gasteiger partial charge in [0.05, 0.1) is 5.69 Å². The molecule has 1 N–H and O–H groups in total. The smallest absolute Gasteiger partial charge is 0.550 e. The second kappa shape index (κ2) is 7.72. The summed E-state index contributed by atoms with van der Waals surface area (Å²) < 4.78 is 0. The van der Waals surface area contributed by atoms with E-state index in [0.717, 1.165) is 18.0 Å². The fraction of sp³-hybridized carbons (Fsp3) is 0.600. The van der Waals surface area contributed by atoms with Crippen LogP contribution in [0.25, 0.3) is 0 Å². The molecule has 0 aliphatic rings. The Morgan fingerprint density at radius 3 is 2.69 bits per heavy atom. The summed E-state index contributed by atoms with van der Waals surface area (Å²) in [6.07, 6.45) is 1.96. The van der Waals surface area contributed by atoms with E-state index in [2.05, 4.69) is 24.1 Å². The van der Waals surface area contributed by atoms with Gasteiger partial charge in [-0.2, -0.15) is 0 Å². The monoisotopic (exact) mass is 234 g/mol. The standard InChI is InChI=1S/C10H16N2O2S.Li/c1-3-7(4-2)11-10-12-8(6-15-10)5-9(13)14;/h6-7H,3-5H2,1-2H3,(H,11,12)(H,13,14);/q;+1/p-1. The van der Waals surface area contributed by atoms with Crippen LogP contribution >= 0.6 is 11.3 Å². The molecular formula is C10H15LiN2O2S. The maximum atomic E-state index is 10.3. The van der Waals surface area contributed by atoms with Gasteiger partial charge >= 0.3 is 18.9 Å². The zero-order valence-corrected chi connectivity index (χ0v) is 10.8. The second-order valence-corrected chi connectivity index (χ2v) is 4.21. The summed E-state index contributed by atoms with van der Waals surface area (Å²) in [5, 5.41) is 16.2. The summed E-state index contributed by atoms with van der Waals surface area (Å²) in [5.41, 5.74) is 0.563. The number of hydrogen-bond donors (Lipinski definition) is 1. The van der Waals surface area contributed by atoms with Crippen LogP contribution in [-0.2, 0) is 11.2 Å². The second-order valence-electron chi connectivity index (χ2n) is 3.35. The molecule has 84 valence electrons. The molecule has 0 unspecified atom stereocenters. The number of carboxylic acid groups (broad SMARTS) is 1. The summed E-state index contributed by atoms with van der Waals surface area (Å²) >= 11 is 1.44. The third-order valence-electron chi connectivity index (χ3n) is 2.19. The number of carbonyl (C=O) groups excluding carboxylic acids is 1. The van der Waals surface area contributed by atoms with E-state index in [4.69, 9.17) is 0 Å².